The van der Waals surface area contributed by atoms with Crippen molar-refractivity contribution in [2.75, 3.05) is 0 Å². The van der Waals surface area contributed by atoms with Gasteiger partial charge in [0.1, 0.15) is 11.5 Å². The Bertz CT molecular complexity index is 1840. The number of aromatic hydroxyl groups is 2. The lowest BCUT2D eigenvalue weighted by atomic mass is 9.64. The zero-order valence-electron chi connectivity index (χ0n) is 29.4. The standard InChI is InChI=1S/C45H48N2O2/c1-31-25-32(2)42(48)33(26-31)29-46-40-23-15-16-24-41(40)47-30-34-27-38(44(3,4)5)28-39(43(34)49)45(35-17-9-6-10-18-35,36-19-11-7-12-20-36)37-21-13-8-14-22-37/h6-14,17-22,25-30,40-41,48-49H,15-16,23-24H2,1-5H3/b46-29+,47-30+/t40-,41-/m1/s1. The molecular formula is C45H48N2O2. The van der Waals surface area contributed by atoms with Crippen molar-refractivity contribution in [1.29, 1.82) is 0 Å². The Labute approximate surface area is 292 Å². The van der Waals surface area contributed by atoms with Crippen LogP contribution in [0.1, 0.15) is 96.5 Å². The van der Waals surface area contributed by atoms with Crippen molar-refractivity contribution in [3.05, 3.63) is 165 Å². The maximum atomic E-state index is 12.5. The Morgan fingerprint density at radius 2 is 1.02 bits per heavy atom. The number of phenols is 2. The maximum Gasteiger partial charge on any atom is 0.129 e. The van der Waals surface area contributed by atoms with Crippen LogP contribution in [0.2, 0.25) is 0 Å². The fourth-order valence-corrected chi connectivity index (χ4v) is 7.39. The molecular weight excluding hydrogens is 601 g/mol. The number of aryl methyl sites for hydroxylation is 2. The largest absolute Gasteiger partial charge is 0.507 e. The molecule has 0 radical (unpaired) electrons. The van der Waals surface area contributed by atoms with E-state index in [1.54, 1.807) is 0 Å². The molecule has 4 heteroatoms. The molecule has 49 heavy (non-hydrogen) atoms. The molecule has 0 amide bonds. The summed E-state index contributed by atoms with van der Waals surface area (Å²) in [6.07, 6.45) is 7.73. The Kier molecular flexibility index (Phi) is 9.87. The van der Waals surface area contributed by atoms with Crippen LogP contribution in [0.15, 0.2) is 125 Å². The summed E-state index contributed by atoms with van der Waals surface area (Å²) >= 11 is 0. The average molecular weight is 649 g/mol. The van der Waals surface area contributed by atoms with Crippen molar-refractivity contribution < 1.29 is 10.2 Å². The lowest BCUT2D eigenvalue weighted by molar-refractivity contribution is 0.390. The van der Waals surface area contributed by atoms with Gasteiger partial charge in [0, 0.05) is 29.1 Å². The zero-order valence-corrected chi connectivity index (χ0v) is 29.4. The lowest BCUT2D eigenvalue weighted by Gasteiger charge is -2.38. The Balaban J connectivity index is 1.51. The number of benzene rings is 5. The van der Waals surface area contributed by atoms with Gasteiger partial charge in [0.2, 0.25) is 0 Å². The molecule has 0 aromatic heterocycles. The minimum atomic E-state index is -0.788. The molecule has 0 bridgehead atoms. The second kappa shape index (κ2) is 14.3. The number of rotatable bonds is 8. The van der Waals surface area contributed by atoms with Gasteiger partial charge >= 0.3 is 0 Å². The first-order valence-electron chi connectivity index (χ1n) is 17.5. The minimum absolute atomic E-state index is 0.00493. The van der Waals surface area contributed by atoms with Gasteiger partial charge < -0.3 is 10.2 Å². The third kappa shape index (κ3) is 6.96. The SMILES string of the molecule is Cc1cc(C)c(O)c(/C=N/[C@@H]2CCCC[C@H]2/N=C/c2cc(C(C)(C)C)cc(C(c3ccccc3)(c3ccccc3)c3ccccc3)c2O)c1. The molecule has 0 saturated heterocycles. The van der Waals surface area contributed by atoms with E-state index in [0.717, 1.165) is 70.2 Å². The first kappa shape index (κ1) is 33.9. The van der Waals surface area contributed by atoms with E-state index in [4.69, 9.17) is 9.98 Å². The van der Waals surface area contributed by atoms with E-state index in [1.165, 1.54) is 0 Å². The van der Waals surface area contributed by atoms with E-state index < -0.39 is 5.41 Å². The Hall–Kier alpha value is -4.96. The van der Waals surface area contributed by atoms with Crippen molar-refractivity contribution in [2.45, 2.75) is 83.2 Å². The smallest absolute Gasteiger partial charge is 0.129 e. The molecule has 5 aromatic carbocycles. The number of hydrogen-bond donors (Lipinski definition) is 2. The topological polar surface area (TPSA) is 65.2 Å². The van der Waals surface area contributed by atoms with Gasteiger partial charge in [0.05, 0.1) is 17.5 Å². The van der Waals surface area contributed by atoms with Gasteiger partial charge in [-0.1, -0.05) is 131 Å². The summed E-state index contributed by atoms with van der Waals surface area (Å²) in [5.41, 5.74) is 7.59. The molecule has 2 atom stereocenters. The predicted octanol–water partition coefficient (Wildman–Crippen LogP) is 10.2. The van der Waals surface area contributed by atoms with Crippen LogP contribution in [-0.2, 0) is 10.8 Å². The third-order valence-electron chi connectivity index (χ3n) is 10.0. The average Bonchev–Trinajstić information content (AvgIpc) is 3.11. The normalized spacial score (nSPS) is 17.2. The molecule has 2 N–H and O–H groups in total. The number of hydrogen-bond acceptors (Lipinski definition) is 4. The monoisotopic (exact) mass is 648 g/mol. The van der Waals surface area contributed by atoms with Crippen LogP contribution in [0.5, 0.6) is 11.5 Å². The second-order valence-electron chi connectivity index (χ2n) is 14.6. The molecule has 1 fully saturated rings. The van der Waals surface area contributed by atoms with Crippen LogP contribution in [-0.4, -0.2) is 34.7 Å². The van der Waals surface area contributed by atoms with Gasteiger partial charge in [-0.2, -0.15) is 0 Å². The van der Waals surface area contributed by atoms with Gasteiger partial charge in [-0.25, -0.2) is 0 Å². The summed E-state index contributed by atoms with van der Waals surface area (Å²) in [5.74, 6) is 0.504. The van der Waals surface area contributed by atoms with Crippen molar-refractivity contribution in [2.24, 2.45) is 9.98 Å². The highest BCUT2D eigenvalue weighted by Crippen LogP contribution is 2.50. The molecule has 0 aliphatic heterocycles. The number of nitrogens with zero attached hydrogens (tertiary/aromatic N) is 2. The van der Waals surface area contributed by atoms with E-state index in [2.05, 4.69) is 106 Å². The highest BCUT2D eigenvalue weighted by Gasteiger charge is 2.41. The lowest BCUT2D eigenvalue weighted by Crippen LogP contribution is -2.32. The van der Waals surface area contributed by atoms with Crippen LogP contribution in [0.4, 0.5) is 0 Å². The van der Waals surface area contributed by atoms with Crippen LogP contribution >= 0.6 is 0 Å². The van der Waals surface area contributed by atoms with Gasteiger partial charge in [0.15, 0.2) is 0 Å². The van der Waals surface area contributed by atoms with Gasteiger partial charge in [-0.15, -0.1) is 0 Å². The molecule has 0 heterocycles. The molecule has 4 nitrogen and oxygen atoms in total. The predicted molar refractivity (Wildman–Crippen MR) is 204 cm³/mol. The van der Waals surface area contributed by atoms with Crippen molar-refractivity contribution in [3.63, 3.8) is 0 Å². The fourth-order valence-electron chi connectivity index (χ4n) is 7.39. The third-order valence-corrected chi connectivity index (χ3v) is 10.0. The van der Waals surface area contributed by atoms with Crippen LogP contribution in [0.3, 0.4) is 0 Å². The highest BCUT2D eigenvalue weighted by molar-refractivity contribution is 5.87. The summed E-state index contributed by atoms with van der Waals surface area (Å²) in [6, 6.07) is 39.8. The van der Waals surface area contributed by atoms with E-state index in [9.17, 15) is 10.2 Å². The summed E-state index contributed by atoms with van der Waals surface area (Å²) in [7, 11) is 0. The van der Waals surface area contributed by atoms with Gasteiger partial charge in [0.25, 0.3) is 0 Å². The molecule has 1 aliphatic rings. The number of aliphatic imine (C=N–C) groups is 2. The summed E-state index contributed by atoms with van der Waals surface area (Å²) < 4.78 is 0. The van der Waals surface area contributed by atoms with E-state index in [-0.39, 0.29) is 29.0 Å². The van der Waals surface area contributed by atoms with Gasteiger partial charge in [-0.05, 0) is 83.7 Å². The van der Waals surface area contributed by atoms with E-state index in [0.29, 0.717) is 5.56 Å². The molecule has 1 aliphatic carbocycles. The minimum Gasteiger partial charge on any atom is -0.507 e. The van der Waals surface area contributed by atoms with Gasteiger partial charge in [-0.3, -0.25) is 9.98 Å². The fraction of sp³-hybridized carbons (Fsp3) is 0.289. The highest BCUT2D eigenvalue weighted by atomic mass is 16.3. The first-order chi connectivity index (χ1) is 23.6. The summed E-state index contributed by atoms with van der Waals surface area (Å²) in [5, 5.41) is 23.2. The molecule has 250 valence electrons. The number of phenolic OH excluding ortho intramolecular Hbond substituents is 2. The molecule has 0 spiro atoms. The Morgan fingerprint density at radius 1 is 0.571 bits per heavy atom. The van der Waals surface area contributed by atoms with E-state index in [1.807, 2.05) is 56.6 Å². The first-order valence-corrected chi connectivity index (χ1v) is 17.5. The molecule has 6 rings (SSSR count). The Morgan fingerprint density at radius 3 is 1.47 bits per heavy atom. The van der Waals surface area contributed by atoms with Crippen molar-refractivity contribution >= 4 is 12.4 Å². The quantitative estimate of drug-likeness (QED) is 0.130. The summed E-state index contributed by atoms with van der Waals surface area (Å²) in [6.45, 7) is 10.6. The van der Waals surface area contributed by atoms with Crippen LogP contribution < -0.4 is 0 Å². The van der Waals surface area contributed by atoms with Crippen molar-refractivity contribution in [1.82, 2.24) is 0 Å². The van der Waals surface area contributed by atoms with Crippen LogP contribution in [0, 0.1) is 13.8 Å². The molecule has 5 aromatic rings. The summed E-state index contributed by atoms with van der Waals surface area (Å²) in [4.78, 5) is 10.2. The maximum absolute atomic E-state index is 12.5. The molecule has 1 saturated carbocycles. The second-order valence-corrected chi connectivity index (χ2v) is 14.6. The van der Waals surface area contributed by atoms with E-state index >= 15 is 0 Å². The zero-order chi connectivity index (χ0) is 34.6. The molecule has 0 unspecified atom stereocenters. The van der Waals surface area contributed by atoms with Crippen molar-refractivity contribution in [3.8, 4) is 11.5 Å². The van der Waals surface area contributed by atoms with Crippen LogP contribution in [0.25, 0.3) is 0 Å².